The van der Waals surface area contributed by atoms with E-state index in [0.29, 0.717) is 23.1 Å². The fourth-order valence-corrected chi connectivity index (χ4v) is 9.58. The molecule has 63 heavy (non-hydrogen) atoms. The molecule has 1 aliphatic carbocycles. The summed E-state index contributed by atoms with van der Waals surface area (Å²) in [6, 6.07) is 80.5. The van der Waals surface area contributed by atoms with Crippen LogP contribution in [0.3, 0.4) is 0 Å². The van der Waals surface area contributed by atoms with Gasteiger partial charge in [0, 0.05) is 27.8 Å². The number of ether oxygens (including phenoxy) is 2. The first kappa shape index (κ1) is 36.5. The van der Waals surface area contributed by atoms with E-state index in [1.165, 1.54) is 27.8 Å². The average molecular weight is 807 g/mol. The lowest BCUT2D eigenvalue weighted by Gasteiger charge is -2.34. The Labute approximate surface area is 366 Å². The third kappa shape index (κ3) is 6.07. The zero-order valence-electron chi connectivity index (χ0n) is 34.2. The molecule has 0 unspecified atom stereocenters. The number of rotatable bonds is 7. The molecule has 0 amide bonds. The maximum atomic E-state index is 7.04. The van der Waals surface area contributed by atoms with Crippen molar-refractivity contribution in [1.29, 1.82) is 0 Å². The third-order valence-electron chi connectivity index (χ3n) is 12.5. The molecular weight excluding hydrogens is 769 g/mol. The van der Waals surface area contributed by atoms with Crippen LogP contribution in [-0.4, -0.2) is 9.97 Å². The van der Waals surface area contributed by atoms with Crippen molar-refractivity contribution in [1.82, 2.24) is 9.97 Å². The number of benzene rings is 9. The molecular formula is C59H38N2O2. The van der Waals surface area contributed by atoms with Crippen LogP contribution in [0.25, 0.3) is 67.3 Å². The summed E-state index contributed by atoms with van der Waals surface area (Å²) < 4.78 is 14.0. The Morgan fingerprint density at radius 2 is 0.810 bits per heavy atom. The van der Waals surface area contributed by atoms with Gasteiger partial charge in [-0.05, 0) is 68.8 Å². The predicted octanol–water partition coefficient (Wildman–Crippen LogP) is 15.1. The Morgan fingerprint density at radius 3 is 1.51 bits per heavy atom. The van der Waals surface area contributed by atoms with Crippen molar-refractivity contribution in [2.24, 2.45) is 0 Å². The zero-order valence-corrected chi connectivity index (χ0v) is 34.2. The summed E-state index contributed by atoms with van der Waals surface area (Å²) in [6.45, 7) is 0. The molecule has 1 aliphatic heterocycles. The number of aromatic nitrogens is 2. The van der Waals surface area contributed by atoms with Crippen LogP contribution in [0.4, 0.5) is 0 Å². The molecule has 0 saturated heterocycles. The molecule has 4 heteroatoms. The molecule has 10 aromatic rings. The molecule has 296 valence electrons. The number of para-hydroxylation sites is 1. The third-order valence-corrected chi connectivity index (χ3v) is 12.5. The predicted molar refractivity (Wildman–Crippen MR) is 253 cm³/mol. The van der Waals surface area contributed by atoms with Gasteiger partial charge in [0.05, 0.1) is 16.8 Å². The van der Waals surface area contributed by atoms with E-state index < -0.39 is 5.41 Å². The van der Waals surface area contributed by atoms with Gasteiger partial charge in [0.2, 0.25) is 0 Å². The van der Waals surface area contributed by atoms with Crippen LogP contribution in [0, 0.1) is 0 Å². The number of nitrogens with zero attached hydrogens (tertiary/aromatic N) is 2. The van der Waals surface area contributed by atoms with Crippen LogP contribution >= 0.6 is 0 Å². The van der Waals surface area contributed by atoms with Crippen molar-refractivity contribution in [2.45, 2.75) is 5.41 Å². The lowest BCUT2D eigenvalue weighted by atomic mass is 9.68. The molecule has 0 atom stereocenters. The van der Waals surface area contributed by atoms with Crippen molar-refractivity contribution in [3.05, 3.63) is 253 Å². The summed E-state index contributed by atoms with van der Waals surface area (Å²) in [5.41, 5.74) is 15.3. The maximum absolute atomic E-state index is 7.04. The molecule has 0 fully saturated rings. The molecule has 0 radical (unpaired) electrons. The standard InChI is InChI=1S/C59H38N2O2/c1-5-17-39(18-6-1)40-31-33-42(34-32-40)52-38-51(41-19-7-2-8-20-41)60-58(61-52)44-22-15-21-43(37-44)47-28-16-30-53-56(47)62-54-36-35-50-55(57(54)63-53)48-27-13-14-29-49(48)59(50,45-23-9-3-10-24-45)46-25-11-4-12-26-46/h1-38H. The lowest BCUT2D eigenvalue weighted by molar-refractivity contribution is 0.361. The van der Waals surface area contributed by atoms with E-state index in [2.05, 4.69) is 194 Å². The highest BCUT2D eigenvalue weighted by atomic mass is 16.6. The normalized spacial score (nSPS) is 12.8. The number of fused-ring (bicyclic) bond motifs is 6. The summed E-state index contributed by atoms with van der Waals surface area (Å²) in [6.07, 6.45) is 0. The number of hydrogen-bond donors (Lipinski definition) is 0. The highest BCUT2D eigenvalue weighted by Crippen LogP contribution is 2.62. The van der Waals surface area contributed by atoms with Crippen molar-refractivity contribution >= 4 is 0 Å². The van der Waals surface area contributed by atoms with Crippen LogP contribution in [-0.2, 0) is 5.41 Å². The SMILES string of the molecule is c1ccc(-c2ccc(-c3cc(-c4ccccc4)nc(-c4cccc(-c5cccc6c5Oc5ccc7c(c5O6)-c5ccccc5C7(c5ccccc5)c5ccccc5)c4)n3)cc2)cc1. The van der Waals surface area contributed by atoms with Crippen LogP contribution in [0.15, 0.2) is 231 Å². The van der Waals surface area contributed by atoms with Gasteiger partial charge in [-0.15, -0.1) is 0 Å². The smallest absolute Gasteiger partial charge is 0.178 e. The van der Waals surface area contributed by atoms with Crippen LogP contribution in [0.1, 0.15) is 22.3 Å². The van der Waals surface area contributed by atoms with Crippen molar-refractivity contribution in [2.75, 3.05) is 0 Å². The largest absolute Gasteiger partial charge is 0.449 e. The van der Waals surface area contributed by atoms with Crippen LogP contribution in [0.5, 0.6) is 23.0 Å². The summed E-state index contributed by atoms with van der Waals surface area (Å²) in [5, 5.41) is 0. The van der Waals surface area contributed by atoms with E-state index in [0.717, 1.165) is 61.6 Å². The molecule has 0 N–H and O–H groups in total. The molecule has 4 nitrogen and oxygen atoms in total. The summed E-state index contributed by atoms with van der Waals surface area (Å²) in [4.78, 5) is 10.4. The van der Waals surface area contributed by atoms with Crippen LogP contribution < -0.4 is 9.47 Å². The first-order valence-electron chi connectivity index (χ1n) is 21.3. The Hall–Kier alpha value is -8.34. The van der Waals surface area contributed by atoms with Gasteiger partial charge >= 0.3 is 0 Å². The van der Waals surface area contributed by atoms with Gasteiger partial charge in [0.1, 0.15) is 0 Å². The molecule has 0 spiro atoms. The van der Waals surface area contributed by atoms with E-state index in [1.54, 1.807) is 0 Å². The summed E-state index contributed by atoms with van der Waals surface area (Å²) in [5.74, 6) is 3.38. The Balaban J connectivity index is 0.945. The van der Waals surface area contributed by atoms with Crippen molar-refractivity contribution in [3.8, 4) is 90.3 Å². The second-order valence-corrected chi connectivity index (χ2v) is 16.0. The second kappa shape index (κ2) is 15.0. The van der Waals surface area contributed by atoms with Gasteiger partial charge < -0.3 is 9.47 Å². The van der Waals surface area contributed by atoms with E-state index in [9.17, 15) is 0 Å². The average Bonchev–Trinajstić information content (AvgIpc) is 3.68. The minimum atomic E-state index is -0.541. The van der Waals surface area contributed by atoms with Gasteiger partial charge in [-0.3, -0.25) is 0 Å². The minimum absolute atomic E-state index is 0.541. The molecule has 1 aromatic heterocycles. The summed E-state index contributed by atoms with van der Waals surface area (Å²) in [7, 11) is 0. The quantitative estimate of drug-likeness (QED) is 0.161. The first-order valence-corrected chi connectivity index (χ1v) is 21.3. The Kier molecular flexibility index (Phi) is 8.68. The van der Waals surface area contributed by atoms with E-state index in [-0.39, 0.29) is 0 Å². The van der Waals surface area contributed by atoms with Gasteiger partial charge in [-0.1, -0.05) is 206 Å². The van der Waals surface area contributed by atoms with Crippen LogP contribution in [0.2, 0.25) is 0 Å². The fraction of sp³-hybridized carbons (Fsp3) is 0.0169. The topological polar surface area (TPSA) is 44.2 Å². The second-order valence-electron chi connectivity index (χ2n) is 16.0. The van der Waals surface area contributed by atoms with Gasteiger partial charge in [-0.2, -0.15) is 0 Å². The molecule has 12 rings (SSSR count). The monoisotopic (exact) mass is 806 g/mol. The van der Waals surface area contributed by atoms with Crippen molar-refractivity contribution in [3.63, 3.8) is 0 Å². The maximum Gasteiger partial charge on any atom is 0.178 e. The van der Waals surface area contributed by atoms with Gasteiger partial charge in [0.15, 0.2) is 28.8 Å². The molecule has 0 bridgehead atoms. The van der Waals surface area contributed by atoms with Gasteiger partial charge in [-0.25, -0.2) is 9.97 Å². The molecule has 2 heterocycles. The van der Waals surface area contributed by atoms with E-state index in [1.807, 2.05) is 36.4 Å². The Bertz CT molecular complexity index is 3270. The van der Waals surface area contributed by atoms with Gasteiger partial charge in [0.25, 0.3) is 0 Å². The molecule has 2 aliphatic rings. The fourth-order valence-electron chi connectivity index (χ4n) is 9.58. The van der Waals surface area contributed by atoms with Crippen molar-refractivity contribution < 1.29 is 9.47 Å². The molecule has 0 saturated carbocycles. The first-order chi connectivity index (χ1) is 31.2. The minimum Gasteiger partial charge on any atom is -0.449 e. The van der Waals surface area contributed by atoms with E-state index >= 15 is 0 Å². The molecule has 9 aromatic carbocycles. The summed E-state index contributed by atoms with van der Waals surface area (Å²) >= 11 is 0. The lowest BCUT2D eigenvalue weighted by Crippen LogP contribution is -2.28. The Morgan fingerprint density at radius 1 is 0.317 bits per heavy atom. The number of hydrogen-bond acceptors (Lipinski definition) is 4. The highest BCUT2D eigenvalue weighted by Gasteiger charge is 2.48. The zero-order chi connectivity index (χ0) is 41.7. The van der Waals surface area contributed by atoms with E-state index in [4.69, 9.17) is 19.4 Å². The highest BCUT2D eigenvalue weighted by molar-refractivity contribution is 5.92.